The van der Waals surface area contributed by atoms with Gasteiger partial charge in [-0.05, 0) is 73.3 Å². The Morgan fingerprint density at radius 3 is 2.66 bits per heavy atom. The number of hydrogen-bond acceptors (Lipinski definition) is 7. The summed E-state index contributed by atoms with van der Waals surface area (Å²) in [5, 5.41) is 11.0. The molecule has 6 nitrogen and oxygen atoms in total. The smallest absolute Gasteiger partial charge is 0.374 e. The summed E-state index contributed by atoms with van der Waals surface area (Å²) in [6.07, 6.45) is 1.59. The van der Waals surface area contributed by atoms with E-state index in [9.17, 15) is 23.9 Å². The summed E-state index contributed by atoms with van der Waals surface area (Å²) in [7, 11) is 0. The first-order chi connectivity index (χ1) is 17.9. The molecular weight excluding hydrogens is 521 g/mol. The number of thioether (sulfide) groups is 1. The predicted octanol–water partition coefficient (Wildman–Crippen LogP) is 5.17. The lowest BCUT2D eigenvalue weighted by Gasteiger charge is -2.63. The van der Waals surface area contributed by atoms with Crippen LogP contribution in [0.3, 0.4) is 0 Å². The van der Waals surface area contributed by atoms with Gasteiger partial charge in [0.1, 0.15) is 18.8 Å². The summed E-state index contributed by atoms with van der Waals surface area (Å²) >= 11 is 0.455. The quantitative estimate of drug-likeness (QED) is 0.504. The van der Waals surface area contributed by atoms with E-state index >= 15 is 8.78 Å². The second kappa shape index (κ2) is 9.11. The van der Waals surface area contributed by atoms with Crippen LogP contribution in [0.2, 0.25) is 0 Å². The van der Waals surface area contributed by atoms with Crippen LogP contribution >= 0.6 is 11.8 Å². The van der Waals surface area contributed by atoms with Crippen LogP contribution in [0, 0.1) is 34.0 Å². The van der Waals surface area contributed by atoms with E-state index in [1.807, 2.05) is 0 Å². The van der Waals surface area contributed by atoms with Crippen molar-refractivity contribution in [1.29, 1.82) is 0 Å². The minimum absolute atomic E-state index is 0.0140. The molecule has 0 saturated heterocycles. The molecule has 4 aliphatic rings. The van der Waals surface area contributed by atoms with Gasteiger partial charge < -0.3 is 14.3 Å². The van der Waals surface area contributed by atoms with Crippen LogP contribution in [0.5, 0.6) is 0 Å². The Labute approximate surface area is 223 Å². The normalized spacial score (nSPS) is 43.6. The molecule has 1 aromatic rings. The number of ketones is 1. The Balaban J connectivity index is 1.58. The van der Waals surface area contributed by atoms with E-state index in [-0.39, 0.29) is 24.2 Å². The molecule has 4 aliphatic carbocycles. The molecule has 5 rings (SSSR count). The van der Waals surface area contributed by atoms with Crippen LogP contribution in [-0.2, 0) is 14.3 Å². The molecular formula is C28H31F3O6S. The number of esters is 1. The number of furan rings is 1. The van der Waals surface area contributed by atoms with E-state index in [2.05, 4.69) is 0 Å². The number of aliphatic hydroxyl groups excluding tert-OH is 1. The Kier molecular flexibility index (Phi) is 6.53. The summed E-state index contributed by atoms with van der Waals surface area (Å²) in [5.74, 6) is -3.38. The Bertz CT molecular complexity index is 1220. The van der Waals surface area contributed by atoms with Gasteiger partial charge in [-0.2, -0.15) is 0 Å². The third kappa shape index (κ3) is 3.41. The predicted molar refractivity (Wildman–Crippen MR) is 133 cm³/mol. The van der Waals surface area contributed by atoms with Gasteiger partial charge in [-0.25, -0.2) is 18.0 Å². The molecule has 0 bridgehead atoms. The highest BCUT2D eigenvalue weighted by molar-refractivity contribution is 8.13. The van der Waals surface area contributed by atoms with Crippen molar-refractivity contribution in [2.24, 2.45) is 34.0 Å². The number of carbonyl (C=O) groups excluding carboxylic acids is 3. The summed E-state index contributed by atoms with van der Waals surface area (Å²) in [6, 6.07) is 1.92. The Hall–Kier alpha value is -2.33. The minimum Gasteiger partial charge on any atom is -0.459 e. The first kappa shape index (κ1) is 27.2. The van der Waals surface area contributed by atoms with Crippen LogP contribution in [0.1, 0.15) is 50.6 Å². The number of halogens is 3. The van der Waals surface area contributed by atoms with Crippen molar-refractivity contribution in [1.82, 2.24) is 0 Å². The van der Waals surface area contributed by atoms with E-state index in [4.69, 9.17) is 9.15 Å². The average molecular weight is 553 g/mol. The number of allylic oxidation sites excluding steroid dienone is 4. The van der Waals surface area contributed by atoms with Gasteiger partial charge in [0.05, 0.1) is 17.8 Å². The van der Waals surface area contributed by atoms with Crippen molar-refractivity contribution in [2.45, 2.75) is 58.0 Å². The summed E-state index contributed by atoms with van der Waals surface area (Å²) in [4.78, 5) is 38.4. The number of fused-ring (bicyclic) bond motifs is 5. The zero-order chi connectivity index (χ0) is 27.7. The molecule has 0 radical (unpaired) electrons. The molecule has 1 aromatic heterocycles. The van der Waals surface area contributed by atoms with Crippen molar-refractivity contribution < 1.29 is 41.8 Å². The number of rotatable bonds is 5. The standard InChI is InChI=1S/C28H31F3O6S/c1-15-9-17-18-11-20(30)19-10-16(32)6-7-25(19,2)28(18,31)22(33)12-26(17,3)27(15,24(35)38-14-29)13-37-23(34)21-5-4-8-36-21/h4-8,10,15,17-18,20,22,33H,9,11-14H2,1-3H3/t15-,17?,18?,20+,22?,25?,26?,27-,28+/m1/s1. The SMILES string of the molecule is C[C@@H]1CC2C3C[C@H](F)C4=CC(=O)C=CC4(C)[C@@]3(F)C(O)CC2(C)[C@@]1(COC(=O)c1ccco1)C(=O)SCF. The van der Waals surface area contributed by atoms with Crippen molar-refractivity contribution in [2.75, 3.05) is 12.6 Å². The largest absolute Gasteiger partial charge is 0.459 e. The fraction of sp³-hybridized carbons (Fsp3) is 0.607. The maximum atomic E-state index is 17.4. The molecule has 10 heteroatoms. The Morgan fingerprint density at radius 2 is 2.00 bits per heavy atom. The monoisotopic (exact) mass is 552 g/mol. The summed E-state index contributed by atoms with van der Waals surface area (Å²) in [5.41, 5.74) is -6.44. The number of alkyl halides is 3. The fourth-order valence-corrected chi connectivity index (χ4v) is 9.12. The highest BCUT2D eigenvalue weighted by Gasteiger charge is 2.77. The minimum atomic E-state index is -2.31. The molecule has 3 saturated carbocycles. The number of hydrogen-bond donors (Lipinski definition) is 1. The van der Waals surface area contributed by atoms with Crippen molar-refractivity contribution in [3.8, 4) is 0 Å². The van der Waals surface area contributed by atoms with Gasteiger partial charge >= 0.3 is 5.97 Å². The van der Waals surface area contributed by atoms with E-state index in [1.54, 1.807) is 13.8 Å². The third-order valence-electron chi connectivity index (χ3n) is 10.2. The zero-order valence-corrected chi connectivity index (χ0v) is 22.2. The first-order valence-electron chi connectivity index (χ1n) is 12.8. The van der Waals surface area contributed by atoms with Crippen molar-refractivity contribution >= 4 is 28.6 Å². The van der Waals surface area contributed by atoms with E-state index in [0.29, 0.717) is 18.2 Å². The van der Waals surface area contributed by atoms with Gasteiger partial charge in [-0.15, -0.1) is 0 Å². The molecule has 3 fully saturated rings. The number of ether oxygens (including phenoxy) is 1. The molecule has 38 heavy (non-hydrogen) atoms. The van der Waals surface area contributed by atoms with Crippen LogP contribution < -0.4 is 0 Å². The van der Waals surface area contributed by atoms with E-state index in [0.717, 1.165) is 6.08 Å². The molecule has 0 spiro atoms. The van der Waals surface area contributed by atoms with Gasteiger partial charge in [0, 0.05) is 11.3 Å². The molecule has 0 aromatic carbocycles. The van der Waals surface area contributed by atoms with Gasteiger partial charge in [-0.1, -0.05) is 31.7 Å². The second-order valence-electron chi connectivity index (χ2n) is 11.6. The molecule has 0 amide bonds. The van der Waals surface area contributed by atoms with E-state index < -0.39 is 81.4 Å². The van der Waals surface area contributed by atoms with Crippen LogP contribution in [-0.4, -0.2) is 52.5 Å². The average Bonchev–Trinajstić information content (AvgIpc) is 3.47. The zero-order valence-electron chi connectivity index (χ0n) is 21.4. The lowest BCUT2D eigenvalue weighted by molar-refractivity contribution is -0.213. The fourth-order valence-electron chi connectivity index (χ4n) is 8.27. The maximum absolute atomic E-state index is 17.4. The molecule has 1 N–H and O–H groups in total. The highest BCUT2D eigenvalue weighted by atomic mass is 32.2. The van der Waals surface area contributed by atoms with Gasteiger partial charge in [0.15, 0.2) is 11.5 Å². The number of carbonyl (C=O) groups is 3. The summed E-state index contributed by atoms with van der Waals surface area (Å²) in [6.45, 7) is 4.60. The topological polar surface area (TPSA) is 93.8 Å². The number of aliphatic hydroxyl groups is 1. The second-order valence-corrected chi connectivity index (χ2v) is 12.4. The molecule has 0 aliphatic heterocycles. The van der Waals surface area contributed by atoms with Crippen LogP contribution in [0.25, 0.3) is 0 Å². The Morgan fingerprint density at radius 1 is 1.26 bits per heavy atom. The van der Waals surface area contributed by atoms with Gasteiger partial charge in [-0.3, -0.25) is 9.59 Å². The maximum Gasteiger partial charge on any atom is 0.374 e. The van der Waals surface area contributed by atoms with Crippen LogP contribution in [0.4, 0.5) is 13.2 Å². The molecule has 206 valence electrons. The molecule has 1 heterocycles. The molecule has 5 unspecified atom stereocenters. The highest BCUT2D eigenvalue weighted by Crippen LogP contribution is 2.73. The van der Waals surface area contributed by atoms with E-state index in [1.165, 1.54) is 37.5 Å². The third-order valence-corrected chi connectivity index (χ3v) is 10.9. The summed E-state index contributed by atoms with van der Waals surface area (Å²) < 4.78 is 57.2. The van der Waals surface area contributed by atoms with Crippen molar-refractivity contribution in [3.05, 3.63) is 48.0 Å². The molecule has 9 atom stereocenters. The first-order valence-corrected chi connectivity index (χ1v) is 13.8. The lowest BCUT2D eigenvalue weighted by Crippen LogP contribution is -2.69. The van der Waals surface area contributed by atoms with Gasteiger partial charge in [0.2, 0.25) is 10.9 Å². The lowest BCUT2D eigenvalue weighted by atomic mass is 9.43. The van der Waals surface area contributed by atoms with Crippen LogP contribution in [0.15, 0.2) is 46.6 Å². The van der Waals surface area contributed by atoms with Crippen molar-refractivity contribution in [3.63, 3.8) is 0 Å². The van der Waals surface area contributed by atoms with Gasteiger partial charge in [0.25, 0.3) is 0 Å².